The monoisotopic (exact) mass is 442 g/mol. The molecular formula is C23H39F5S. The normalized spacial score (nSPS) is 22.9. The summed E-state index contributed by atoms with van der Waals surface area (Å²) < 4.78 is 0. The van der Waals surface area contributed by atoms with Gasteiger partial charge in [0.2, 0.25) is 0 Å². The van der Waals surface area contributed by atoms with Crippen LogP contribution in [-0.2, 0) is 0 Å². The minimum atomic E-state index is 0. The van der Waals surface area contributed by atoms with Gasteiger partial charge in [-0.1, -0.05) is 81.5 Å². The number of unbranched alkanes of at least 4 members (excludes halogenated alkanes) is 2. The number of allylic oxidation sites excluding steroid dienone is 2. The van der Waals surface area contributed by atoms with E-state index in [2.05, 4.69) is 43.3 Å². The second-order valence-corrected chi connectivity index (χ2v) is 9.10. The Balaban J connectivity index is -0.00000135. The Morgan fingerprint density at radius 1 is 0.793 bits per heavy atom. The first-order valence-electron chi connectivity index (χ1n) is 10.3. The van der Waals surface area contributed by atoms with Crippen molar-refractivity contribution in [1.82, 2.24) is 0 Å². The van der Waals surface area contributed by atoms with Gasteiger partial charge in [0.05, 0.1) is 0 Å². The molecule has 0 bridgehead atoms. The van der Waals surface area contributed by atoms with Gasteiger partial charge >= 0.3 is 0 Å². The first kappa shape index (κ1) is 32.6. The molecule has 1 atom stereocenters. The number of benzene rings is 1. The van der Waals surface area contributed by atoms with Crippen LogP contribution in [0.25, 0.3) is 0 Å². The van der Waals surface area contributed by atoms with E-state index in [1.807, 2.05) is 11.8 Å². The predicted octanol–water partition coefficient (Wildman–Crippen LogP) is 8.61. The van der Waals surface area contributed by atoms with Crippen molar-refractivity contribution in [3.8, 4) is 0 Å². The van der Waals surface area contributed by atoms with Crippen molar-refractivity contribution in [1.29, 1.82) is 0 Å². The van der Waals surface area contributed by atoms with Crippen LogP contribution in [0.15, 0.2) is 46.2 Å². The summed E-state index contributed by atoms with van der Waals surface area (Å²) in [5.41, 5.74) is 0. The van der Waals surface area contributed by atoms with Crippen LogP contribution in [0.1, 0.15) is 77.6 Å². The lowest BCUT2D eigenvalue weighted by molar-refractivity contribution is 0.186. The zero-order valence-corrected chi connectivity index (χ0v) is 18.2. The number of hydrogen-bond donors (Lipinski definition) is 0. The van der Waals surface area contributed by atoms with Crippen molar-refractivity contribution in [3.63, 3.8) is 0 Å². The van der Waals surface area contributed by atoms with Gasteiger partial charge in [-0.3, -0.25) is 23.5 Å². The Morgan fingerprint density at radius 2 is 1.45 bits per heavy atom. The first-order chi connectivity index (χ1) is 11.8. The molecule has 1 aromatic rings. The Kier molecular flexibility index (Phi) is 20.0. The molecular weight excluding hydrogens is 403 g/mol. The van der Waals surface area contributed by atoms with E-state index in [9.17, 15) is 0 Å². The summed E-state index contributed by atoms with van der Waals surface area (Å²) in [6.45, 7) is 2.32. The summed E-state index contributed by atoms with van der Waals surface area (Å²) in [4.78, 5) is 3.00. The largest absolute Gasteiger partial charge is 0.269 e. The molecule has 0 aromatic heterocycles. The van der Waals surface area contributed by atoms with Crippen molar-refractivity contribution in [2.45, 2.75) is 82.4 Å². The van der Waals surface area contributed by atoms with Crippen molar-refractivity contribution in [3.05, 3.63) is 41.3 Å². The third kappa shape index (κ3) is 10.5. The number of hydrogen-bond acceptors (Lipinski definition) is 1. The minimum absolute atomic E-state index is 0. The fourth-order valence-electron chi connectivity index (χ4n) is 4.62. The van der Waals surface area contributed by atoms with Gasteiger partial charge in [-0.25, -0.2) is 0 Å². The van der Waals surface area contributed by atoms with E-state index in [-0.39, 0.29) is 23.5 Å². The zero-order chi connectivity index (χ0) is 16.6. The van der Waals surface area contributed by atoms with Gasteiger partial charge in [-0.15, -0.1) is 0 Å². The smallest absolute Gasteiger partial charge is 0.0118 e. The summed E-state index contributed by atoms with van der Waals surface area (Å²) in [7, 11) is 0. The highest BCUT2D eigenvalue weighted by Gasteiger charge is 2.28. The molecule has 2 aliphatic carbocycles. The van der Waals surface area contributed by atoms with Crippen molar-refractivity contribution in [2.24, 2.45) is 17.8 Å². The molecule has 0 heterocycles. The van der Waals surface area contributed by atoms with E-state index in [0.717, 1.165) is 17.8 Å². The first-order valence-corrected chi connectivity index (χ1v) is 11.1. The highest BCUT2D eigenvalue weighted by atomic mass is 32.2. The molecule has 0 saturated heterocycles. The number of rotatable bonds is 7. The van der Waals surface area contributed by atoms with Crippen LogP contribution in [0.2, 0.25) is 0 Å². The van der Waals surface area contributed by atoms with Crippen molar-refractivity contribution < 1.29 is 23.5 Å². The van der Waals surface area contributed by atoms with Gasteiger partial charge in [-0.05, 0) is 66.9 Å². The molecule has 6 heteroatoms. The van der Waals surface area contributed by atoms with Crippen LogP contribution in [0.3, 0.4) is 0 Å². The lowest BCUT2D eigenvalue weighted by Crippen LogP contribution is -2.23. The third-order valence-electron chi connectivity index (χ3n) is 6.18. The lowest BCUT2D eigenvalue weighted by Gasteiger charge is -2.35. The molecule has 0 nitrogen and oxygen atoms in total. The lowest BCUT2D eigenvalue weighted by atomic mass is 9.71. The van der Waals surface area contributed by atoms with Crippen LogP contribution in [0.5, 0.6) is 0 Å². The van der Waals surface area contributed by atoms with Crippen LogP contribution >= 0.6 is 11.8 Å². The molecule has 172 valence electrons. The summed E-state index contributed by atoms with van der Waals surface area (Å²) in [5, 5.41) is 0. The predicted molar refractivity (Wildman–Crippen MR) is 120 cm³/mol. The Morgan fingerprint density at radius 3 is 2.00 bits per heavy atom. The van der Waals surface area contributed by atoms with E-state index >= 15 is 0 Å². The van der Waals surface area contributed by atoms with Crippen LogP contribution in [-0.4, -0.2) is 0 Å². The van der Waals surface area contributed by atoms with Gasteiger partial charge in [0, 0.05) is 4.90 Å². The van der Waals surface area contributed by atoms with Crippen molar-refractivity contribution >= 4 is 11.8 Å². The quantitative estimate of drug-likeness (QED) is 0.301. The topological polar surface area (TPSA) is 0 Å². The fourth-order valence-corrected chi connectivity index (χ4v) is 5.62. The average Bonchev–Trinajstić information content (AvgIpc) is 2.64. The van der Waals surface area contributed by atoms with Crippen molar-refractivity contribution in [2.75, 3.05) is 0 Å². The number of thioether (sulfide) groups is 1. The Bertz CT molecular complexity index is 515. The molecule has 1 unspecified atom stereocenters. The van der Waals surface area contributed by atoms with Gasteiger partial charge in [-0.2, -0.15) is 0 Å². The second kappa shape index (κ2) is 17.8. The van der Waals surface area contributed by atoms with Crippen LogP contribution in [0, 0.1) is 17.8 Å². The van der Waals surface area contributed by atoms with E-state index in [0.29, 0.717) is 0 Å². The molecule has 0 radical (unpaired) electrons. The molecule has 1 fully saturated rings. The van der Waals surface area contributed by atoms with Crippen LogP contribution in [0.4, 0.5) is 23.5 Å². The molecule has 0 aliphatic heterocycles. The average molecular weight is 443 g/mol. The maximum absolute atomic E-state index is 2.55. The van der Waals surface area contributed by atoms with E-state index in [1.165, 1.54) is 75.5 Å². The highest BCUT2D eigenvalue weighted by molar-refractivity contribution is 8.03. The SMILES string of the molecule is CCCCCC1CCC(C2CC=C(Sc3ccccc3)CC2)CC1.F.F.F.F.F. The van der Waals surface area contributed by atoms with Gasteiger partial charge in [0.15, 0.2) is 0 Å². The molecule has 0 amide bonds. The van der Waals surface area contributed by atoms with Gasteiger partial charge < -0.3 is 0 Å². The zero-order valence-electron chi connectivity index (χ0n) is 17.4. The molecule has 2 aliphatic rings. The Labute approximate surface area is 177 Å². The second-order valence-electron chi connectivity index (χ2n) is 7.90. The van der Waals surface area contributed by atoms with Gasteiger partial charge in [0.1, 0.15) is 0 Å². The summed E-state index contributed by atoms with van der Waals surface area (Å²) in [5.74, 6) is 3.05. The van der Waals surface area contributed by atoms with E-state index in [4.69, 9.17) is 0 Å². The van der Waals surface area contributed by atoms with Crippen LogP contribution < -0.4 is 0 Å². The molecule has 3 rings (SSSR count). The number of halogens is 5. The van der Waals surface area contributed by atoms with E-state index in [1.54, 1.807) is 4.91 Å². The third-order valence-corrected chi connectivity index (χ3v) is 7.32. The van der Waals surface area contributed by atoms with Gasteiger partial charge in [0.25, 0.3) is 0 Å². The van der Waals surface area contributed by atoms with E-state index < -0.39 is 0 Å². The fraction of sp³-hybridized carbons (Fsp3) is 0.652. The summed E-state index contributed by atoms with van der Waals surface area (Å²) in [6.07, 6.45) is 18.5. The highest BCUT2D eigenvalue weighted by Crippen LogP contribution is 2.43. The maximum Gasteiger partial charge on any atom is 0.0118 e. The molecule has 29 heavy (non-hydrogen) atoms. The maximum atomic E-state index is 2.55. The minimum Gasteiger partial charge on any atom is -0.269 e. The summed E-state index contributed by atoms with van der Waals surface area (Å²) in [6, 6.07) is 10.9. The summed E-state index contributed by atoms with van der Waals surface area (Å²) >= 11 is 1.99. The Hall–Kier alpha value is -1.04. The molecule has 0 spiro atoms. The standard InChI is InChI=1S/C23H34S.5FH/c1-2-3-5-8-19-11-13-20(14-12-19)21-15-17-23(18-16-21)24-22-9-6-4-7-10-22;;;;;/h4,6-7,9-10,17,19-21H,2-3,5,8,11-16,18H2,1H3;5*1H. The molecule has 1 saturated carbocycles. The molecule has 0 N–H and O–H groups in total. The molecule has 1 aromatic carbocycles.